The second-order valence-electron chi connectivity index (χ2n) is 8.53. The molecule has 0 aromatic carbocycles. The summed E-state index contributed by atoms with van der Waals surface area (Å²) in [5.41, 5.74) is 1.80. The molecule has 9 heteroatoms. The van der Waals surface area contributed by atoms with Crippen molar-refractivity contribution in [3.8, 4) is 0 Å². The van der Waals surface area contributed by atoms with Crippen molar-refractivity contribution in [3.05, 3.63) is 17.6 Å². The number of fused-ring (bicyclic) bond motifs is 4. The molecule has 1 aromatic heterocycles. The number of piperidine rings is 3. The van der Waals surface area contributed by atoms with Gasteiger partial charge in [-0.25, -0.2) is 18.1 Å². The molecular formula is C19H29N5O3S. The number of anilines is 1. The summed E-state index contributed by atoms with van der Waals surface area (Å²) in [5, 5.41) is 0. The highest BCUT2D eigenvalue weighted by atomic mass is 32.2. The summed E-state index contributed by atoms with van der Waals surface area (Å²) in [6, 6.07) is 0.0781. The maximum atomic E-state index is 12.8. The number of aryl methyl sites for hydroxylation is 2. The highest BCUT2D eigenvalue weighted by Crippen LogP contribution is 2.42. The number of rotatable bonds is 4. The van der Waals surface area contributed by atoms with E-state index in [0.717, 1.165) is 49.6 Å². The van der Waals surface area contributed by atoms with Crippen LogP contribution in [0, 0.1) is 25.7 Å². The average Bonchev–Trinajstić information content (AvgIpc) is 2.63. The zero-order chi connectivity index (χ0) is 20.1. The van der Waals surface area contributed by atoms with Crippen LogP contribution in [-0.4, -0.2) is 67.2 Å². The lowest BCUT2D eigenvalue weighted by atomic mass is 9.72. The van der Waals surface area contributed by atoms with Gasteiger partial charge in [-0.2, -0.15) is 0 Å². The summed E-state index contributed by atoms with van der Waals surface area (Å²) in [6.07, 6.45) is 6.45. The predicted molar refractivity (Wildman–Crippen MR) is 106 cm³/mol. The normalized spacial score (nSPS) is 30.3. The maximum absolute atomic E-state index is 12.8. The first-order valence-electron chi connectivity index (χ1n) is 10.0. The summed E-state index contributed by atoms with van der Waals surface area (Å²) >= 11 is 0. The first kappa shape index (κ1) is 19.6. The molecular weight excluding hydrogens is 378 g/mol. The minimum absolute atomic E-state index is 0.107. The molecule has 4 atom stereocenters. The Hall–Kier alpha value is -1.74. The number of carbonyl (C=O) groups excluding carboxylic acids is 1. The number of sulfonamides is 1. The van der Waals surface area contributed by atoms with Gasteiger partial charge in [0.15, 0.2) is 0 Å². The van der Waals surface area contributed by atoms with Crippen LogP contribution in [-0.2, 0) is 14.8 Å². The lowest BCUT2D eigenvalue weighted by Gasteiger charge is -2.56. The number of aromatic nitrogens is 2. The van der Waals surface area contributed by atoms with E-state index in [2.05, 4.69) is 14.6 Å². The SMILES string of the molecule is Cc1cnc(C)c(N2C[C@H]3C[C@@H](C2)[C@H](CNS(C)(=O)=O)N2C(=O)CCC[C@@H]32)n1. The van der Waals surface area contributed by atoms with Crippen LogP contribution in [0.4, 0.5) is 5.82 Å². The van der Waals surface area contributed by atoms with E-state index in [1.165, 1.54) is 6.26 Å². The molecule has 4 heterocycles. The third kappa shape index (κ3) is 3.74. The Morgan fingerprint density at radius 1 is 1.25 bits per heavy atom. The fraction of sp³-hybridized carbons (Fsp3) is 0.737. The molecule has 1 amide bonds. The number of hydrogen-bond acceptors (Lipinski definition) is 6. The van der Waals surface area contributed by atoms with Gasteiger partial charge >= 0.3 is 0 Å². The summed E-state index contributed by atoms with van der Waals surface area (Å²) in [4.78, 5) is 26.3. The molecule has 3 fully saturated rings. The largest absolute Gasteiger partial charge is 0.354 e. The summed E-state index contributed by atoms with van der Waals surface area (Å²) < 4.78 is 26.1. The van der Waals surface area contributed by atoms with E-state index in [4.69, 9.17) is 4.98 Å². The summed E-state index contributed by atoms with van der Waals surface area (Å²) in [6.45, 7) is 5.84. The van der Waals surface area contributed by atoms with Crippen LogP contribution in [0.15, 0.2) is 6.20 Å². The number of nitrogens with zero attached hydrogens (tertiary/aromatic N) is 4. The van der Waals surface area contributed by atoms with Gasteiger partial charge in [-0.05, 0) is 44.9 Å². The standard InChI is InChI=1S/C19H29N5O3S/c1-12-8-20-13(2)19(22-12)23-10-14-7-15(11-23)17(9-21-28(3,26)27)24-16(14)5-4-6-18(24)25/h8,14-17,21H,4-7,9-11H2,1-3H3/t14-,15+,16+,17+/m1/s1. The van der Waals surface area contributed by atoms with Crippen molar-refractivity contribution in [1.82, 2.24) is 19.6 Å². The van der Waals surface area contributed by atoms with Crippen LogP contribution >= 0.6 is 0 Å². The van der Waals surface area contributed by atoms with Crippen molar-refractivity contribution in [2.75, 3.05) is 30.8 Å². The Morgan fingerprint density at radius 3 is 2.75 bits per heavy atom. The fourth-order valence-corrected chi connectivity index (χ4v) is 5.75. The van der Waals surface area contributed by atoms with E-state index in [9.17, 15) is 13.2 Å². The van der Waals surface area contributed by atoms with E-state index < -0.39 is 10.0 Å². The van der Waals surface area contributed by atoms with Crippen LogP contribution in [0.25, 0.3) is 0 Å². The third-order valence-electron chi connectivity index (χ3n) is 6.40. The first-order chi connectivity index (χ1) is 13.2. The van der Waals surface area contributed by atoms with E-state index in [-0.39, 0.29) is 30.5 Å². The monoisotopic (exact) mass is 407 g/mol. The Bertz CT molecular complexity index is 874. The van der Waals surface area contributed by atoms with E-state index in [1.54, 1.807) is 6.20 Å². The molecule has 3 aliphatic heterocycles. The number of carbonyl (C=O) groups is 1. The number of hydrogen-bond donors (Lipinski definition) is 1. The van der Waals surface area contributed by atoms with E-state index in [0.29, 0.717) is 12.3 Å². The van der Waals surface area contributed by atoms with Gasteiger partial charge in [0.2, 0.25) is 15.9 Å². The lowest BCUT2D eigenvalue weighted by Crippen LogP contribution is -2.67. The van der Waals surface area contributed by atoms with Gasteiger partial charge in [0.1, 0.15) is 5.82 Å². The molecule has 0 radical (unpaired) electrons. The van der Waals surface area contributed by atoms with Crippen molar-refractivity contribution in [3.63, 3.8) is 0 Å². The van der Waals surface area contributed by atoms with Crippen molar-refractivity contribution in [2.45, 2.75) is 51.6 Å². The molecule has 154 valence electrons. The van der Waals surface area contributed by atoms with E-state index >= 15 is 0 Å². The summed E-state index contributed by atoms with van der Waals surface area (Å²) in [5.74, 6) is 1.69. The van der Waals surface area contributed by atoms with Gasteiger partial charge in [0.05, 0.1) is 23.7 Å². The third-order valence-corrected chi connectivity index (χ3v) is 7.09. The number of nitrogens with one attached hydrogen (secondary N) is 1. The minimum atomic E-state index is -3.31. The van der Waals surface area contributed by atoms with Crippen LogP contribution in [0.2, 0.25) is 0 Å². The Morgan fingerprint density at radius 2 is 2.00 bits per heavy atom. The second-order valence-corrected chi connectivity index (χ2v) is 10.4. The highest BCUT2D eigenvalue weighted by molar-refractivity contribution is 7.88. The van der Waals surface area contributed by atoms with Gasteiger partial charge in [0.25, 0.3) is 0 Å². The Balaban J connectivity index is 1.65. The molecule has 8 nitrogen and oxygen atoms in total. The van der Waals surface area contributed by atoms with Crippen molar-refractivity contribution >= 4 is 21.7 Å². The second kappa shape index (κ2) is 7.26. The minimum Gasteiger partial charge on any atom is -0.354 e. The van der Waals surface area contributed by atoms with Gasteiger partial charge < -0.3 is 9.80 Å². The van der Waals surface area contributed by atoms with Crippen molar-refractivity contribution in [1.29, 1.82) is 0 Å². The van der Waals surface area contributed by atoms with Gasteiger partial charge in [-0.1, -0.05) is 0 Å². The smallest absolute Gasteiger partial charge is 0.223 e. The lowest BCUT2D eigenvalue weighted by molar-refractivity contribution is -0.148. The van der Waals surface area contributed by atoms with Gasteiger partial charge in [-0.3, -0.25) is 9.78 Å². The van der Waals surface area contributed by atoms with Crippen molar-refractivity contribution in [2.24, 2.45) is 11.8 Å². The zero-order valence-electron chi connectivity index (χ0n) is 16.8. The summed E-state index contributed by atoms with van der Waals surface area (Å²) in [7, 11) is -3.31. The Kier molecular flexibility index (Phi) is 5.07. The van der Waals surface area contributed by atoms with Crippen LogP contribution < -0.4 is 9.62 Å². The quantitative estimate of drug-likeness (QED) is 0.795. The first-order valence-corrected chi connectivity index (χ1v) is 11.9. The van der Waals surface area contributed by atoms with Crippen molar-refractivity contribution < 1.29 is 13.2 Å². The molecule has 28 heavy (non-hydrogen) atoms. The molecule has 3 aliphatic rings. The molecule has 2 bridgehead atoms. The molecule has 0 aliphatic carbocycles. The zero-order valence-corrected chi connectivity index (χ0v) is 17.6. The fourth-order valence-electron chi connectivity index (χ4n) is 5.27. The highest BCUT2D eigenvalue weighted by Gasteiger charge is 2.49. The van der Waals surface area contributed by atoms with Gasteiger partial charge in [-0.15, -0.1) is 0 Å². The van der Waals surface area contributed by atoms with Crippen LogP contribution in [0.3, 0.4) is 0 Å². The molecule has 1 N–H and O–H groups in total. The van der Waals surface area contributed by atoms with Crippen LogP contribution in [0.1, 0.15) is 37.1 Å². The number of amides is 1. The molecule has 0 unspecified atom stereocenters. The Labute approximate surface area is 166 Å². The van der Waals surface area contributed by atoms with Gasteiger partial charge in [0, 0.05) is 38.3 Å². The van der Waals surface area contributed by atoms with Crippen LogP contribution in [0.5, 0.6) is 0 Å². The predicted octanol–water partition coefficient (Wildman–Crippen LogP) is 0.848. The molecule has 0 spiro atoms. The molecule has 4 rings (SSSR count). The average molecular weight is 408 g/mol. The topological polar surface area (TPSA) is 95.5 Å². The molecule has 1 aromatic rings. The maximum Gasteiger partial charge on any atom is 0.223 e. The molecule has 3 saturated heterocycles. The van der Waals surface area contributed by atoms with E-state index in [1.807, 2.05) is 18.7 Å². The molecule has 0 saturated carbocycles.